The fourth-order valence-corrected chi connectivity index (χ4v) is 1.64. The Labute approximate surface area is 113 Å². The zero-order valence-corrected chi connectivity index (χ0v) is 10.4. The molecule has 0 unspecified atom stereocenters. The van der Waals surface area contributed by atoms with Gasteiger partial charge in [0.2, 0.25) is 11.1 Å². The largest absolute Gasteiger partial charge is 0.468 e. The Balaban J connectivity index is 2.27. The third kappa shape index (κ3) is 3.08. The number of nitrogen functional groups attached to an aromatic ring is 1. The summed E-state index contributed by atoms with van der Waals surface area (Å²) in [5.74, 6) is -0.426. The molecule has 2 aromatic rings. The molecule has 0 saturated carbocycles. The van der Waals surface area contributed by atoms with E-state index in [4.69, 9.17) is 22.1 Å². The second-order valence-electron chi connectivity index (χ2n) is 3.56. The highest BCUT2D eigenvalue weighted by Crippen LogP contribution is 2.32. The molecule has 1 heterocycles. The Kier molecular flexibility index (Phi) is 3.76. The second kappa shape index (κ2) is 5.49. The minimum atomic E-state index is -0.706. The van der Waals surface area contributed by atoms with Gasteiger partial charge in [-0.15, -0.1) is 0 Å². The van der Waals surface area contributed by atoms with E-state index in [1.165, 1.54) is 0 Å². The minimum absolute atomic E-state index is 0.120. The maximum Gasteiger partial charge on any atom is 0.368 e. The summed E-state index contributed by atoms with van der Waals surface area (Å²) < 4.78 is 5.29. The Morgan fingerprint density at radius 1 is 1.32 bits per heavy atom. The van der Waals surface area contributed by atoms with Gasteiger partial charge in [-0.2, -0.15) is 9.97 Å². The molecule has 7 nitrogen and oxygen atoms in total. The molecule has 2 rings (SSSR count). The quantitative estimate of drug-likeness (QED) is 0.523. The minimum Gasteiger partial charge on any atom is -0.468 e. The second-order valence-corrected chi connectivity index (χ2v) is 3.92. The summed E-state index contributed by atoms with van der Waals surface area (Å²) in [5.41, 5.74) is 5.73. The van der Waals surface area contributed by atoms with Gasteiger partial charge < -0.3 is 10.5 Å². The van der Waals surface area contributed by atoms with Crippen molar-refractivity contribution in [3.05, 3.63) is 51.2 Å². The van der Waals surface area contributed by atoms with Crippen LogP contribution in [0.1, 0.15) is 5.56 Å². The smallest absolute Gasteiger partial charge is 0.368 e. The van der Waals surface area contributed by atoms with E-state index in [2.05, 4.69) is 9.97 Å². The number of nitrogens with zero attached hydrogens (tertiary/aromatic N) is 3. The van der Waals surface area contributed by atoms with E-state index in [9.17, 15) is 10.1 Å². The first-order valence-electron chi connectivity index (χ1n) is 5.22. The van der Waals surface area contributed by atoms with Crippen LogP contribution >= 0.6 is 11.6 Å². The van der Waals surface area contributed by atoms with Gasteiger partial charge in [0.1, 0.15) is 6.61 Å². The summed E-state index contributed by atoms with van der Waals surface area (Å²) in [6.07, 6.45) is 0. The number of ether oxygens (including phenoxy) is 1. The highest BCUT2D eigenvalue weighted by atomic mass is 35.5. The summed E-state index contributed by atoms with van der Waals surface area (Å²) in [4.78, 5) is 17.4. The maximum absolute atomic E-state index is 10.9. The zero-order valence-electron chi connectivity index (χ0n) is 9.62. The van der Waals surface area contributed by atoms with Crippen molar-refractivity contribution in [2.75, 3.05) is 5.73 Å². The summed E-state index contributed by atoms with van der Waals surface area (Å²) in [6.45, 7) is 0.120. The number of hydrogen-bond acceptors (Lipinski definition) is 6. The first kappa shape index (κ1) is 13.0. The van der Waals surface area contributed by atoms with Crippen molar-refractivity contribution in [1.29, 1.82) is 0 Å². The third-order valence-electron chi connectivity index (χ3n) is 2.23. The Morgan fingerprint density at radius 3 is 2.63 bits per heavy atom. The van der Waals surface area contributed by atoms with E-state index in [1.54, 1.807) is 0 Å². The number of benzene rings is 1. The summed E-state index contributed by atoms with van der Waals surface area (Å²) in [5, 5.41) is 10.5. The van der Waals surface area contributed by atoms with Crippen LogP contribution in [0.25, 0.3) is 0 Å². The SMILES string of the molecule is Nc1nc(Cl)c([N+](=O)[O-])c(OCc2ccccc2)n1. The molecule has 0 bridgehead atoms. The number of anilines is 1. The summed E-state index contributed by atoms with van der Waals surface area (Å²) in [7, 11) is 0. The molecule has 1 aromatic heterocycles. The van der Waals surface area contributed by atoms with Gasteiger partial charge in [0, 0.05) is 0 Å². The summed E-state index contributed by atoms with van der Waals surface area (Å²) >= 11 is 5.66. The fourth-order valence-electron chi connectivity index (χ4n) is 1.40. The average Bonchev–Trinajstić information content (AvgIpc) is 2.36. The maximum atomic E-state index is 10.9. The number of aromatic nitrogens is 2. The molecule has 98 valence electrons. The third-order valence-corrected chi connectivity index (χ3v) is 2.49. The molecule has 0 aliphatic heterocycles. The van der Waals surface area contributed by atoms with Crippen molar-refractivity contribution in [1.82, 2.24) is 9.97 Å². The molecule has 0 atom stereocenters. The predicted octanol–water partition coefficient (Wildman–Crippen LogP) is 2.20. The van der Waals surface area contributed by atoms with E-state index >= 15 is 0 Å². The van der Waals surface area contributed by atoms with Crippen LogP contribution in [0.2, 0.25) is 5.15 Å². The summed E-state index contributed by atoms with van der Waals surface area (Å²) in [6, 6.07) is 9.14. The van der Waals surface area contributed by atoms with Crippen LogP contribution in [-0.2, 0) is 6.61 Å². The predicted molar refractivity (Wildman–Crippen MR) is 68.9 cm³/mol. The molecule has 0 aliphatic carbocycles. The van der Waals surface area contributed by atoms with Crippen LogP contribution in [0.4, 0.5) is 11.6 Å². The van der Waals surface area contributed by atoms with Crippen LogP contribution in [0.15, 0.2) is 30.3 Å². The van der Waals surface area contributed by atoms with Crippen LogP contribution in [0.5, 0.6) is 5.88 Å². The van der Waals surface area contributed by atoms with E-state index in [1.807, 2.05) is 30.3 Å². The first-order valence-corrected chi connectivity index (χ1v) is 5.60. The van der Waals surface area contributed by atoms with Gasteiger partial charge in [0.25, 0.3) is 0 Å². The topological polar surface area (TPSA) is 104 Å². The van der Waals surface area contributed by atoms with Gasteiger partial charge in [0.05, 0.1) is 4.92 Å². The lowest BCUT2D eigenvalue weighted by Gasteiger charge is -2.06. The van der Waals surface area contributed by atoms with Gasteiger partial charge >= 0.3 is 11.6 Å². The standard InChI is InChI=1S/C11H9ClN4O3/c12-9-8(16(17)18)10(15-11(13)14-9)19-6-7-4-2-1-3-5-7/h1-5H,6H2,(H2,13,14,15). The zero-order chi connectivity index (χ0) is 13.8. The number of nitrogens with two attached hydrogens (primary N) is 1. The van der Waals surface area contributed by atoms with Crippen LogP contribution in [-0.4, -0.2) is 14.9 Å². The van der Waals surface area contributed by atoms with E-state index in [-0.39, 0.29) is 23.6 Å². The average molecular weight is 281 g/mol. The van der Waals surface area contributed by atoms with Crippen molar-refractivity contribution in [2.45, 2.75) is 6.61 Å². The van der Waals surface area contributed by atoms with E-state index in [0.29, 0.717) is 0 Å². The lowest BCUT2D eigenvalue weighted by Crippen LogP contribution is -2.05. The van der Waals surface area contributed by atoms with Gasteiger partial charge in [-0.25, -0.2) is 0 Å². The van der Waals surface area contributed by atoms with Crippen molar-refractivity contribution < 1.29 is 9.66 Å². The molecule has 8 heteroatoms. The van der Waals surface area contributed by atoms with Gasteiger partial charge in [0.15, 0.2) is 0 Å². The fraction of sp³-hybridized carbons (Fsp3) is 0.0909. The highest BCUT2D eigenvalue weighted by Gasteiger charge is 2.24. The number of rotatable bonds is 4. The number of halogens is 1. The van der Waals surface area contributed by atoms with Crippen molar-refractivity contribution in [3.63, 3.8) is 0 Å². The van der Waals surface area contributed by atoms with Crippen LogP contribution < -0.4 is 10.5 Å². The van der Waals surface area contributed by atoms with Crippen molar-refractivity contribution in [2.24, 2.45) is 0 Å². The molecule has 19 heavy (non-hydrogen) atoms. The molecule has 0 radical (unpaired) electrons. The number of hydrogen-bond donors (Lipinski definition) is 1. The van der Waals surface area contributed by atoms with Crippen molar-refractivity contribution >= 4 is 23.2 Å². The van der Waals surface area contributed by atoms with Gasteiger partial charge in [-0.05, 0) is 5.56 Å². The van der Waals surface area contributed by atoms with Crippen LogP contribution in [0, 0.1) is 10.1 Å². The first-order chi connectivity index (χ1) is 9.08. The molecule has 0 spiro atoms. The molecular weight excluding hydrogens is 272 g/mol. The normalized spacial score (nSPS) is 10.2. The van der Waals surface area contributed by atoms with Crippen LogP contribution in [0.3, 0.4) is 0 Å². The molecular formula is C11H9ClN4O3. The van der Waals surface area contributed by atoms with E-state index < -0.39 is 10.6 Å². The molecule has 0 saturated heterocycles. The molecule has 0 amide bonds. The molecule has 2 N–H and O–H groups in total. The Hall–Kier alpha value is -2.41. The Morgan fingerprint density at radius 2 is 2.00 bits per heavy atom. The molecule has 0 aliphatic rings. The lowest BCUT2D eigenvalue weighted by atomic mass is 10.2. The highest BCUT2D eigenvalue weighted by molar-refractivity contribution is 6.31. The lowest BCUT2D eigenvalue weighted by molar-refractivity contribution is -0.386. The number of nitro groups is 1. The van der Waals surface area contributed by atoms with Gasteiger partial charge in [-0.1, -0.05) is 41.9 Å². The Bertz CT molecular complexity index is 606. The molecule has 0 fully saturated rings. The van der Waals surface area contributed by atoms with E-state index in [0.717, 1.165) is 5.56 Å². The molecule has 1 aromatic carbocycles. The van der Waals surface area contributed by atoms with Gasteiger partial charge in [-0.3, -0.25) is 10.1 Å². The van der Waals surface area contributed by atoms with Crippen molar-refractivity contribution in [3.8, 4) is 5.88 Å². The monoisotopic (exact) mass is 280 g/mol.